The summed E-state index contributed by atoms with van der Waals surface area (Å²) in [6.45, 7) is 3.17. The first kappa shape index (κ1) is 13.4. The number of aromatic carboxylic acids is 1. The quantitative estimate of drug-likeness (QED) is 0.921. The van der Waals surface area contributed by atoms with Crippen molar-refractivity contribution in [3.8, 4) is 0 Å². The van der Waals surface area contributed by atoms with Gasteiger partial charge in [-0.1, -0.05) is 6.07 Å². The van der Waals surface area contributed by atoms with E-state index in [1.54, 1.807) is 18.5 Å². The van der Waals surface area contributed by atoms with E-state index in [0.717, 1.165) is 37.7 Å². The van der Waals surface area contributed by atoms with Gasteiger partial charge in [-0.2, -0.15) is 0 Å². The zero-order chi connectivity index (χ0) is 14.7. The van der Waals surface area contributed by atoms with E-state index in [9.17, 15) is 9.90 Å². The van der Waals surface area contributed by atoms with Crippen molar-refractivity contribution in [1.82, 2.24) is 9.97 Å². The Bertz CT molecular complexity index is 625. The number of nitrogens with zero attached hydrogens (tertiary/aromatic N) is 4. The Morgan fingerprint density at radius 1 is 1.05 bits per heavy atom. The van der Waals surface area contributed by atoms with Crippen molar-refractivity contribution in [3.05, 3.63) is 48.4 Å². The summed E-state index contributed by atoms with van der Waals surface area (Å²) < 4.78 is 0. The molecule has 0 atom stereocenters. The predicted octanol–water partition coefficient (Wildman–Crippen LogP) is 1.50. The summed E-state index contributed by atoms with van der Waals surface area (Å²) in [5.41, 5.74) is 0.988. The number of carboxylic acids is 1. The highest BCUT2D eigenvalue weighted by Gasteiger charge is 2.21. The van der Waals surface area contributed by atoms with Gasteiger partial charge >= 0.3 is 5.97 Å². The number of aromatic nitrogens is 2. The molecule has 0 saturated carbocycles. The molecule has 3 rings (SSSR count). The molecule has 2 aromatic rings. The molecule has 0 radical (unpaired) electrons. The van der Waals surface area contributed by atoms with Crippen molar-refractivity contribution in [2.75, 3.05) is 36.0 Å². The third-order valence-corrected chi connectivity index (χ3v) is 3.62. The highest BCUT2D eigenvalue weighted by molar-refractivity contribution is 5.94. The van der Waals surface area contributed by atoms with Crippen LogP contribution in [-0.4, -0.2) is 47.2 Å². The average Bonchev–Trinajstić information content (AvgIpc) is 2.56. The van der Waals surface area contributed by atoms with E-state index < -0.39 is 5.97 Å². The first-order chi connectivity index (χ1) is 10.3. The molecule has 0 spiro atoms. The second-order valence-electron chi connectivity index (χ2n) is 4.86. The van der Waals surface area contributed by atoms with Gasteiger partial charge in [-0.15, -0.1) is 0 Å². The average molecular weight is 284 g/mol. The highest BCUT2D eigenvalue weighted by atomic mass is 16.4. The monoisotopic (exact) mass is 284 g/mol. The number of carboxylic acid groups (broad SMARTS) is 1. The molecule has 0 aromatic carbocycles. The third-order valence-electron chi connectivity index (χ3n) is 3.62. The van der Waals surface area contributed by atoms with Crippen molar-refractivity contribution < 1.29 is 9.90 Å². The fourth-order valence-electron chi connectivity index (χ4n) is 2.54. The van der Waals surface area contributed by atoms with E-state index in [-0.39, 0.29) is 5.56 Å². The number of anilines is 2. The minimum atomic E-state index is -0.940. The first-order valence-corrected chi connectivity index (χ1v) is 6.84. The third kappa shape index (κ3) is 2.79. The maximum atomic E-state index is 11.3. The van der Waals surface area contributed by atoms with Crippen LogP contribution in [0.2, 0.25) is 0 Å². The summed E-state index contributed by atoms with van der Waals surface area (Å²) in [6, 6.07) is 7.63. The van der Waals surface area contributed by atoms with Crippen molar-refractivity contribution >= 4 is 17.5 Å². The molecule has 1 aliphatic rings. The molecule has 0 amide bonds. The zero-order valence-corrected chi connectivity index (χ0v) is 11.5. The molecule has 6 heteroatoms. The van der Waals surface area contributed by atoms with Gasteiger partial charge in [-0.05, 0) is 18.2 Å². The minimum absolute atomic E-state index is 0.254. The Morgan fingerprint density at radius 2 is 1.81 bits per heavy atom. The number of hydrogen-bond donors (Lipinski definition) is 1. The Morgan fingerprint density at radius 3 is 2.48 bits per heavy atom. The summed E-state index contributed by atoms with van der Waals surface area (Å²) in [4.78, 5) is 23.8. The van der Waals surface area contributed by atoms with Gasteiger partial charge in [0.15, 0.2) is 0 Å². The molecule has 1 N–H and O–H groups in total. The number of carbonyl (C=O) groups is 1. The molecular formula is C15H16N4O2. The number of rotatable bonds is 3. The largest absolute Gasteiger partial charge is 0.478 e. The van der Waals surface area contributed by atoms with Crippen LogP contribution in [0.25, 0.3) is 0 Å². The Labute approximate surface area is 122 Å². The van der Waals surface area contributed by atoms with Crippen LogP contribution >= 0.6 is 0 Å². The maximum Gasteiger partial charge on any atom is 0.339 e. The summed E-state index contributed by atoms with van der Waals surface area (Å²) in [6.07, 6.45) is 4.82. The van der Waals surface area contributed by atoms with Gasteiger partial charge in [0.05, 0.1) is 5.69 Å². The minimum Gasteiger partial charge on any atom is -0.478 e. The topological polar surface area (TPSA) is 69.6 Å². The van der Waals surface area contributed by atoms with Crippen LogP contribution in [-0.2, 0) is 0 Å². The van der Waals surface area contributed by atoms with Crippen LogP contribution in [0.4, 0.5) is 11.5 Å². The van der Waals surface area contributed by atoms with E-state index in [1.165, 1.54) is 6.20 Å². The normalized spacial score (nSPS) is 15.0. The second-order valence-corrected chi connectivity index (χ2v) is 4.86. The Kier molecular flexibility index (Phi) is 3.68. The van der Waals surface area contributed by atoms with E-state index in [0.29, 0.717) is 0 Å². The lowest BCUT2D eigenvalue weighted by molar-refractivity contribution is 0.0697. The smallest absolute Gasteiger partial charge is 0.339 e. The van der Waals surface area contributed by atoms with Crippen LogP contribution in [0.15, 0.2) is 42.9 Å². The fraction of sp³-hybridized carbons (Fsp3) is 0.267. The summed E-state index contributed by atoms with van der Waals surface area (Å²) >= 11 is 0. The van der Waals surface area contributed by atoms with Gasteiger partial charge in [0.2, 0.25) is 0 Å². The van der Waals surface area contributed by atoms with Gasteiger partial charge < -0.3 is 14.9 Å². The first-order valence-electron chi connectivity index (χ1n) is 6.84. The van der Waals surface area contributed by atoms with Crippen LogP contribution in [0, 0.1) is 0 Å². The van der Waals surface area contributed by atoms with Crippen molar-refractivity contribution in [3.63, 3.8) is 0 Å². The Hall–Kier alpha value is -2.63. The van der Waals surface area contributed by atoms with Crippen molar-refractivity contribution in [1.29, 1.82) is 0 Å². The number of hydrogen-bond acceptors (Lipinski definition) is 5. The van der Waals surface area contributed by atoms with Gasteiger partial charge in [0.25, 0.3) is 0 Å². The van der Waals surface area contributed by atoms with E-state index in [4.69, 9.17) is 0 Å². The molecule has 0 bridgehead atoms. The molecule has 0 unspecified atom stereocenters. The lowest BCUT2D eigenvalue weighted by Crippen LogP contribution is -2.47. The molecule has 108 valence electrons. The predicted molar refractivity (Wildman–Crippen MR) is 79.9 cm³/mol. The van der Waals surface area contributed by atoms with Crippen molar-refractivity contribution in [2.24, 2.45) is 0 Å². The van der Waals surface area contributed by atoms with Gasteiger partial charge in [-0.3, -0.25) is 4.98 Å². The molecular weight excluding hydrogens is 268 g/mol. The second kappa shape index (κ2) is 5.78. The van der Waals surface area contributed by atoms with Crippen LogP contribution in [0.1, 0.15) is 10.4 Å². The summed E-state index contributed by atoms with van der Waals surface area (Å²) in [7, 11) is 0. The number of piperazine rings is 1. The molecule has 1 saturated heterocycles. The van der Waals surface area contributed by atoms with Crippen molar-refractivity contribution in [2.45, 2.75) is 0 Å². The molecule has 2 aromatic heterocycles. The molecule has 21 heavy (non-hydrogen) atoms. The summed E-state index contributed by atoms with van der Waals surface area (Å²) in [5, 5.41) is 9.24. The van der Waals surface area contributed by atoms with Crippen LogP contribution in [0.5, 0.6) is 0 Å². The summed E-state index contributed by atoms with van der Waals surface area (Å²) in [5.74, 6) is 0.0237. The molecule has 1 aliphatic heterocycles. The molecule has 1 fully saturated rings. The van der Waals surface area contributed by atoms with Crippen LogP contribution in [0.3, 0.4) is 0 Å². The van der Waals surface area contributed by atoms with E-state index in [2.05, 4.69) is 19.8 Å². The highest BCUT2D eigenvalue weighted by Crippen LogP contribution is 2.22. The molecule has 3 heterocycles. The fourth-order valence-corrected chi connectivity index (χ4v) is 2.54. The Balaban J connectivity index is 1.73. The lowest BCUT2D eigenvalue weighted by Gasteiger charge is -2.37. The van der Waals surface area contributed by atoms with Gasteiger partial charge in [-0.25, -0.2) is 9.78 Å². The standard InChI is InChI=1S/C15H16N4O2/c20-15(21)12-11-16-6-4-13(12)18-7-9-19(10-8-18)14-3-1-2-5-17-14/h1-6,11H,7-10H2,(H,20,21). The van der Waals surface area contributed by atoms with E-state index in [1.807, 2.05) is 18.2 Å². The van der Waals surface area contributed by atoms with E-state index >= 15 is 0 Å². The lowest BCUT2D eigenvalue weighted by atomic mass is 10.2. The molecule has 6 nitrogen and oxygen atoms in total. The van der Waals surface area contributed by atoms with Gasteiger partial charge in [0, 0.05) is 44.8 Å². The SMILES string of the molecule is O=C(O)c1cnccc1N1CCN(c2ccccn2)CC1. The van der Waals surface area contributed by atoms with Gasteiger partial charge in [0.1, 0.15) is 11.4 Å². The maximum absolute atomic E-state index is 11.3. The van der Waals surface area contributed by atoms with Crippen LogP contribution < -0.4 is 9.80 Å². The zero-order valence-electron chi connectivity index (χ0n) is 11.5. The molecule has 0 aliphatic carbocycles. The number of pyridine rings is 2.